The first-order valence-corrected chi connectivity index (χ1v) is 6.54. The monoisotopic (exact) mass is 280 g/mol. The van der Waals surface area contributed by atoms with Gasteiger partial charge in [0.2, 0.25) is 0 Å². The largest absolute Gasteiger partial charge is 0.459 e. The summed E-state index contributed by atoms with van der Waals surface area (Å²) in [6.45, 7) is 0.620. The Morgan fingerprint density at radius 2 is 2.10 bits per heavy atom. The molecule has 0 atom stereocenters. The van der Waals surface area contributed by atoms with Crippen molar-refractivity contribution < 1.29 is 4.42 Å². The van der Waals surface area contributed by atoms with Gasteiger partial charge in [-0.1, -0.05) is 18.2 Å². The van der Waals surface area contributed by atoms with Crippen LogP contribution in [-0.4, -0.2) is 32.3 Å². The van der Waals surface area contributed by atoms with E-state index >= 15 is 0 Å². The SMILES string of the molecule is CN(Cc1cc2ccccc2o1)c1ccc2nnnn2n1. The highest BCUT2D eigenvalue weighted by Gasteiger charge is 2.09. The molecule has 0 radical (unpaired) electrons. The van der Waals surface area contributed by atoms with Crippen molar-refractivity contribution in [3.8, 4) is 0 Å². The first-order valence-electron chi connectivity index (χ1n) is 6.54. The molecule has 0 aliphatic heterocycles. The lowest BCUT2D eigenvalue weighted by molar-refractivity contribution is 0.544. The molecule has 4 rings (SSSR count). The Morgan fingerprint density at radius 1 is 1.19 bits per heavy atom. The van der Waals surface area contributed by atoms with Crippen molar-refractivity contribution in [2.24, 2.45) is 0 Å². The summed E-state index contributed by atoms with van der Waals surface area (Å²) in [7, 11) is 1.95. The molecule has 0 fully saturated rings. The summed E-state index contributed by atoms with van der Waals surface area (Å²) in [5.74, 6) is 1.66. The van der Waals surface area contributed by atoms with Crippen LogP contribution in [0.1, 0.15) is 5.76 Å². The van der Waals surface area contributed by atoms with Crippen LogP contribution in [-0.2, 0) is 6.54 Å². The molecule has 4 aromatic rings. The quantitative estimate of drug-likeness (QED) is 0.570. The van der Waals surface area contributed by atoms with E-state index in [9.17, 15) is 0 Å². The zero-order valence-corrected chi connectivity index (χ0v) is 11.3. The van der Waals surface area contributed by atoms with Crippen LogP contribution in [0.15, 0.2) is 46.9 Å². The fourth-order valence-corrected chi connectivity index (χ4v) is 2.27. The Bertz CT molecular complexity index is 879. The van der Waals surface area contributed by atoms with Crippen molar-refractivity contribution in [3.05, 3.63) is 48.2 Å². The molecule has 0 saturated heterocycles. The van der Waals surface area contributed by atoms with E-state index in [2.05, 4.69) is 20.6 Å². The number of hydrogen-bond acceptors (Lipinski definition) is 6. The molecule has 0 spiro atoms. The highest BCUT2D eigenvalue weighted by Crippen LogP contribution is 2.21. The summed E-state index contributed by atoms with van der Waals surface area (Å²) in [5.41, 5.74) is 1.51. The number of aromatic nitrogens is 5. The number of tetrazole rings is 1. The van der Waals surface area contributed by atoms with Gasteiger partial charge in [0.15, 0.2) is 11.5 Å². The Hall–Kier alpha value is -2.96. The van der Waals surface area contributed by atoms with E-state index in [1.807, 2.05) is 54.4 Å². The second-order valence-electron chi connectivity index (χ2n) is 4.82. The maximum absolute atomic E-state index is 5.82. The summed E-state index contributed by atoms with van der Waals surface area (Å²) < 4.78 is 7.22. The molecular formula is C14H12N6O. The van der Waals surface area contributed by atoms with E-state index in [1.165, 1.54) is 4.63 Å². The van der Waals surface area contributed by atoms with Gasteiger partial charge < -0.3 is 9.32 Å². The van der Waals surface area contributed by atoms with E-state index in [-0.39, 0.29) is 0 Å². The van der Waals surface area contributed by atoms with Gasteiger partial charge in [-0.25, -0.2) is 0 Å². The minimum absolute atomic E-state index is 0.620. The van der Waals surface area contributed by atoms with Gasteiger partial charge in [0.05, 0.1) is 6.54 Å². The molecular weight excluding hydrogens is 268 g/mol. The van der Waals surface area contributed by atoms with Gasteiger partial charge in [-0.05, 0) is 34.7 Å². The molecule has 7 heteroatoms. The van der Waals surface area contributed by atoms with Gasteiger partial charge in [-0.2, -0.15) is 0 Å². The molecule has 0 N–H and O–H groups in total. The molecule has 0 bridgehead atoms. The zero-order chi connectivity index (χ0) is 14.2. The Balaban J connectivity index is 1.63. The summed E-state index contributed by atoms with van der Waals surface area (Å²) >= 11 is 0. The highest BCUT2D eigenvalue weighted by atomic mass is 16.3. The number of anilines is 1. The lowest BCUT2D eigenvalue weighted by Gasteiger charge is -2.15. The van der Waals surface area contributed by atoms with Crippen molar-refractivity contribution in [2.45, 2.75) is 6.54 Å². The van der Waals surface area contributed by atoms with Gasteiger partial charge in [0.1, 0.15) is 11.3 Å². The maximum atomic E-state index is 5.82. The first-order chi connectivity index (χ1) is 10.3. The summed E-state index contributed by atoms with van der Waals surface area (Å²) in [4.78, 5) is 1.98. The number of para-hydroxylation sites is 1. The van der Waals surface area contributed by atoms with Crippen LogP contribution < -0.4 is 4.90 Å². The Kier molecular flexibility index (Phi) is 2.56. The normalized spacial score (nSPS) is 11.3. The number of nitrogens with zero attached hydrogens (tertiary/aromatic N) is 6. The van der Waals surface area contributed by atoms with Gasteiger partial charge in [-0.3, -0.25) is 0 Å². The van der Waals surface area contributed by atoms with E-state index in [0.29, 0.717) is 12.2 Å². The number of benzene rings is 1. The zero-order valence-electron chi connectivity index (χ0n) is 11.3. The van der Waals surface area contributed by atoms with E-state index in [1.54, 1.807) is 0 Å². The van der Waals surface area contributed by atoms with Crippen LogP contribution in [0.2, 0.25) is 0 Å². The Labute approximate surface area is 119 Å². The van der Waals surface area contributed by atoms with Crippen LogP contribution in [0.5, 0.6) is 0 Å². The van der Waals surface area contributed by atoms with Crippen molar-refractivity contribution in [1.29, 1.82) is 0 Å². The molecule has 7 nitrogen and oxygen atoms in total. The van der Waals surface area contributed by atoms with Crippen LogP contribution in [0, 0.1) is 0 Å². The van der Waals surface area contributed by atoms with Crippen LogP contribution in [0.4, 0.5) is 5.82 Å². The molecule has 0 unspecified atom stereocenters. The highest BCUT2D eigenvalue weighted by molar-refractivity contribution is 5.77. The molecule has 0 amide bonds. The van der Waals surface area contributed by atoms with Gasteiger partial charge >= 0.3 is 0 Å². The van der Waals surface area contributed by atoms with Crippen LogP contribution in [0.3, 0.4) is 0 Å². The average Bonchev–Trinajstić information content (AvgIpc) is 3.11. The van der Waals surface area contributed by atoms with Gasteiger partial charge in [-0.15, -0.1) is 14.8 Å². The average molecular weight is 280 g/mol. The molecule has 3 aromatic heterocycles. The third-order valence-corrected chi connectivity index (χ3v) is 3.32. The molecule has 0 aliphatic carbocycles. The topological polar surface area (TPSA) is 72.4 Å². The van der Waals surface area contributed by atoms with Crippen molar-refractivity contribution >= 4 is 22.4 Å². The number of rotatable bonds is 3. The summed E-state index contributed by atoms with van der Waals surface area (Å²) in [6, 6.07) is 13.7. The second-order valence-corrected chi connectivity index (χ2v) is 4.82. The number of hydrogen-bond donors (Lipinski definition) is 0. The van der Waals surface area contributed by atoms with Gasteiger partial charge in [0, 0.05) is 12.4 Å². The standard InChI is InChI=1S/C14H12N6O/c1-19(14-7-6-13-15-17-18-20(13)16-14)9-11-8-10-4-2-3-5-12(10)21-11/h2-8H,9H2,1H3. The lowest BCUT2D eigenvalue weighted by atomic mass is 10.2. The molecule has 0 aliphatic rings. The summed E-state index contributed by atoms with van der Waals surface area (Å²) in [6.07, 6.45) is 0. The minimum Gasteiger partial charge on any atom is -0.459 e. The number of furan rings is 1. The molecule has 3 heterocycles. The fraction of sp³-hybridized carbons (Fsp3) is 0.143. The van der Waals surface area contributed by atoms with E-state index in [0.717, 1.165) is 22.5 Å². The minimum atomic E-state index is 0.620. The number of fused-ring (bicyclic) bond motifs is 2. The third-order valence-electron chi connectivity index (χ3n) is 3.32. The Morgan fingerprint density at radius 3 is 3.00 bits per heavy atom. The van der Waals surface area contributed by atoms with Crippen LogP contribution in [0.25, 0.3) is 16.6 Å². The van der Waals surface area contributed by atoms with Crippen molar-refractivity contribution in [1.82, 2.24) is 25.3 Å². The summed E-state index contributed by atoms with van der Waals surface area (Å²) in [5, 5.41) is 16.7. The van der Waals surface area contributed by atoms with Crippen LogP contribution >= 0.6 is 0 Å². The molecule has 1 aromatic carbocycles. The van der Waals surface area contributed by atoms with Gasteiger partial charge in [0.25, 0.3) is 0 Å². The first kappa shape index (κ1) is 11.8. The third kappa shape index (κ3) is 2.08. The van der Waals surface area contributed by atoms with E-state index in [4.69, 9.17) is 4.42 Å². The maximum Gasteiger partial charge on any atom is 0.200 e. The van der Waals surface area contributed by atoms with E-state index < -0.39 is 0 Å². The van der Waals surface area contributed by atoms with Crippen molar-refractivity contribution in [2.75, 3.05) is 11.9 Å². The lowest BCUT2D eigenvalue weighted by Crippen LogP contribution is -2.18. The molecule has 104 valence electrons. The molecule has 21 heavy (non-hydrogen) atoms. The predicted octanol–water partition coefficient (Wildman–Crippen LogP) is 1.90. The fourth-order valence-electron chi connectivity index (χ4n) is 2.27. The smallest absolute Gasteiger partial charge is 0.200 e. The molecule has 0 saturated carbocycles. The predicted molar refractivity (Wildman–Crippen MR) is 76.9 cm³/mol. The van der Waals surface area contributed by atoms with Crippen molar-refractivity contribution in [3.63, 3.8) is 0 Å². The second kappa shape index (κ2) is 4.55.